The van der Waals surface area contributed by atoms with Crippen LogP contribution in [0.2, 0.25) is 0 Å². The molecule has 0 spiro atoms. The first-order valence-corrected chi connectivity index (χ1v) is 5.99. The Balaban J connectivity index is 1.84. The molecule has 0 radical (unpaired) electrons. The van der Waals surface area contributed by atoms with Crippen LogP contribution in [-0.2, 0) is 4.74 Å². The van der Waals surface area contributed by atoms with Gasteiger partial charge in [-0.25, -0.2) is 0 Å². The second-order valence-electron chi connectivity index (χ2n) is 4.17. The number of quaternary nitrogens is 1. The molecule has 1 fully saturated rings. The van der Waals surface area contributed by atoms with Crippen molar-refractivity contribution in [3.63, 3.8) is 0 Å². The van der Waals surface area contributed by atoms with Gasteiger partial charge in [0.25, 0.3) is 0 Å². The van der Waals surface area contributed by atoms with E-state index in [1.165, 1.54) is 4.90 Å². The number of hydrogen-bond donors (Lipinski definition) is 2. The van der Waals surface area contributed by atoms with Gasteiger partial charge in [0.2, 0.25) is 0 Å². The summed E-state index contributed by atoms with van der Waals surface area (Å²) in [5, 5.41) is 9.84. The van der Waals surface area contributed by atoms with Crippen LogP contribution in [0.4, 0.5) is 0 Å². The Hall–Kier alpha value is -1.34. The fourth-order valence-corrected chi connectivity index (χ4v) is 1.83. The van der Waals surface area contributed by atoms with Crippen molar-refractivity contribution in [1.29, 1.82) is 0 Å². The van der Waals surface area contributed by atoms with Gasteiger partial charge >= 0.3 is 0 Å². The largest absolute Gasteiger partial charge is 0.376 e. The van der Waals surface area contributed by atoms with Gasteiger partial charge in [-0.1, -0.05) is 36.3 Å². The van der Waals surface area contributed by atoms with E-state index >= 15 is 0 Å². The van der Waals surface area contributed by atoms with Crippen LogP contribution in [0.25, 0.3) is 0 Å². The zero-order valence-electron chi connectivity index (χ0n) is 9.86. The standard InChI is InChI=1S/C14H17NO2/c16-14(13-5-2-1-3-6-13)7-4-8-15-9-11-17-12-10-15/h1-3,5-6,14,16H,8-12H2/p+1. The Kier molecular flexibility index (Phi) is 4.57. The topological polar surface area (TPSA) is 33.9 Å². The fraction of sp³-hybridized carbons (Fsp3) is 0.429. The van der Waals surface area contributed by atoms with Crippen molar-refractivity contribution in [2.45, 2.75) is 6.10 Å². The van der Waals surface area contributed by atoms with E-state index in [0.29, 0.717) is 0 Å². The number of aliphatic hydroxyl groups excluding tert-OH is 1. The lowest BCUT2D eigenvalue weighted by Crippen LogP contribution is -3.14. The Bertz CT molecular complexity index is 388. The van der Waals surface area contributed by atoms with Gasteiger partial charge in [-0.15, -0.1) is 0 Å². The van der Waals surface area contributed by atoms with Gasteiger partial charge in [-0.05, 0) is 11.5 Å². The summed E-state index contributed by atoms with van der Waals surface area (Å²) in [7, 11) is 0. The molecule has 0 aliphatic carbocycles. The molecule has 90 valence electrons. The predicted molar refractivity (Wildman–Crippen MR) is 65.6 cm³/mol. The zero-order valence-corrected chi connectivity index (χ0v) is 9.86. The first-order valence-electron chi connectivity index (χ1n) is 5.99. The fourth-order valence-electron chi connectivity index (χ4n) is 1.83. The summed E-state index contributed by atoms with van der Waals surface area (Å²) in [5.74, 6) is 5.95. The van der Waals surface area contributed by atoms with Crippen LogP contribution in [0.1, 0.15) is 11.7 Å². The summed E-state index contributed by atoms with van der Waals surface area (Å²) < 4.78 is 5.28. The Labute approximate surface area is 102 Å². The molecule has 0 saturated carbocycles. The summed E-state index contributed by atoms with van der Waals surface area (Å²) in [5.41, 5.74) is 0.858. The first-order chi connectivity index (χ1) is 8.36. The molecule has 1 saturated heterocycles. The van der Waals surface area contributed by atoms with E-state index in [-0.39, 0.29) is 0 Å². The maximum Gasteiger partial charge on any atom is 0.140 e. The molecule has 2 rings (SSSR count). The highest BCUT2D eigenvalue weighted by Crippen LogP contribution is 2.09. The van der Waals surface area contributed by atoms with Gasteiger partial charge in [0.15, 0.2) is 0 Å². The third-order valence-electron chi connectivity index (χ3n) is 2.89. The van der Waals surface area contributed by atoms with Gasteiger partial charge in [0.05, 0.1) is 13.2 Å². The molecule has 3 nitrogen and oxygen atoms in total. The number of rotatable bonds is 2. The van der Waals surface area contributed by atoms with Crippen LogP contribution in [0.15, 0.2) is 30.3 Å². The third kappa shape index (κ3) is 3.86. The average molecular weight is 232 g/mol. The molecule has 0 aromatic heterocycles. The minimum absolute atomic E-state index is 0.670. The number of hydrogen-bond acceptors (Lipinski definition) is 2. The summed E-state index contributed by atoms with van der Waals surface area (Å²) in [4.78, 5) is 1.43. The highest BCUT2D eigenvalue weighted by Gasteiger charge is 2.11. The lowest BCUT2D eigenvalue weighted by atomic mass is 10.1. The maximum absolute atomic E-state index is 9.84. The SMILES string of the molecule is OC(C#CC[NH+]1CCOCC1)c1ccccc1. The van der Waals surface area contributed by atoms with Crippen molar-refractivity contribution in [3.05, 3.63) is 35.9 Å². The quantitative estimate of drug-likeness (QED) is 0.683. The van der Waals surface area contributed by atoms with E-state index in [1.807, 2.05) is 30.3 Å². The van der Waals surface area contributed by atoms with Crippen LogP contribution in [0.5, 0.6) is 0 Å². The molecule has 17 heavy (non-hydrogen) atoms. The highest BCUT2D eigenvalue weighted by molar-refractivity contribution is 5.24. The summed E-state index contributed by atoms with van der Waals surface area (Å²) >= 11 is 0. The van der Waals surface area contributed by atoms with Crippen molar-refractivity contribution in [1.82, 2.24) is 0 Å². The molecule has 2 N–H and O–H groups in total. The molecule has 1 aromatic rings. The Morgan fingerprint density at radius 2 is 1.94 bits per heavy atom. The highest BCUT2D eigenvalue weighted by atomic mass is 16.5. The second-order valence-corrected chi connectivity index (χ2v) is 4.17. The minimum atomic E-state index is -0.670. The molecule has 3 heteroatoms. The number of aliphatic hydroxyl groups is 1. The van der Waals surface area contributed by atoms with Crippen LogP contribution < -0.4 is 4.90 Å². The monoisotopic (exact) mass is 232 g/mol. The predicted octanol–water partition coefficient (Wildman–Crippen LogP) is -0.361. The molecule has 1 atom stereocenters. The van der Waals surface area contributed by atoms with Crippen molar-refractivity contribution in [2.24, 2.45) is 0 Å². The van der Waals surface area contributed by atoms with Gasteiger partial charge in [0.1, 0.15) is 25.7 Å². The molecule has 0 amide bonds. The average Bonchev–Trinajstić information content (AvgIpc) is 2.41. The lowest BCUT2D eigenvalue weighted by molar-refractivity contribution is -0.900. The Morgan fingerprint density at radius 3 is 2.65 bits per heavy atom. The number of ether oxygens (including phenoxy) is 1. The third-order valence-corrected chi connectivity index (χ3v) is 2.89. The summed E-state index contributed by atoms with van der Waals surface area (Å²) in [6.45, 7) is 4.44. The molecule has 1 aromatic carbocycles. The van der Waals surface area contributed by atoms with Crippen molar-refractivity contribution in [2.75, 3.05) is 32.8 Å². The van der Waals surface area contributed by atoms with Gasteiger partial charge in [-0.3, -0.25) is 0 Å². The van der Waals surface area contributed by atoms with E-state index in [0.717, 1.165) is 38.4 Å². The molecular weight excluding hydrogens is 214 g/mol. The van der Waals surface area contributed by atoms with E-state index in [9.17, 15) is 5.11 Å². The maximum atomic E-state index is 9.84. The van der Waals surface area contributed by atoms with E-state index in [4.69, 9.17) is 4.74 Å². The van der Waals surface area contributed by atoms with Crippen molar-refractivity contribution >= 4 is 0 Å². The lowest BCUT2D eigenvalue weighted by Gasteiger charge is -2.21. The number of benzene rings is 1. The molecular formula is C14H18NO2+. The van der Waals surface area contributed by atoms with Crippen LogP contribution in [0.3, 0.4) is 0 Å². The van der Waals surface area contributed by atoms with Gasteiger partial charge < -0.3 is 14.7 Å². The molecule has 1 aliphatic rings. The minimum Gasteiger partial charge on any atom is -0.376 e. The van der Waals surface area contributed by atoms with Gasteiger partial charge in [0, 0.05) is 0 Å². The van der Waals surface area contributed by atoms with Crippen LogP contribution >= 0.6 is 0 Å². The second kappa shape index (κ2) is 6.41. The molecule has 1 aliphatic heterocycles. The van der Waals surface area contributed by atoms with Crippen LogP contribution in [0, 0.1) is 11.8 Å². The normalized spacial score (nSPS) is 18.2. The molecule has 1 unspecified atom stereocenters. The van der Waals surface area contributed by atoms with E-state index in [1.54, 1.807) is 0 Å². The van der Waals surface area contributed by atoms with Crippen LogP contribution in [-0.4, -0.2) is 38.0 Å². The van der Waals surface area contributed by atoms with E-state index < -0.39 is 6.10 Å². The summed E-state index contributed by atoms with van der Waals surface area (Å²) in [6.07, 6.45) is -0.670. The van der Waals surface area contributed by atoms with Crippen molar-refractivity contribution < 1.29 is 14.7 Å². The first kappa shape index (κ1) is 12.1. The van der Waals surface area contributed by atoms with E-state index in [2.05, 4.69) is 11.8 Å². The zero-order chi connectivity index (χ0) is 11.9. The number of nitrogens with one attached hydrogen (secondary N) is 1. The molecule has 0 bridgehead atoms. The smallest absolute Gasteiger partial charge is 0.140 e. The van der Waals surface area contributed by atoms with Gasteiger partial charge in [-0.2, -0.15) is 0 Å². The van der Waals surface area contributed by atoms with Crippen molar-refractivity contribution in [3.8, 4) is 11.8 Å². The number of morpholine rings is 1. The Morgan fingerprint density at radius 1 is 1.24 bits per heavy atom. The molecule has 1 heterocycles. The summed E-state index contributed by atoms with van der Waals surface area (Å²) in [6, 6.07) is 9.53.